The Morgan fingerprint density at radius 2 is 1.44 bits per heavy atom. The third kappa shape index (κ3) is 1.36. The van der Waals surface area contributed by atoms with Crippen LogP contribution in [0.1, 0.15) is 5.56 Å². The fraction of sp³-hybridized carbons (Fsp3) is 0.231. The lowest BCUT2D eigenvalue weighted by Gasteiger charge is -2.15. The van der Waals surface area contributed by atoms with Gasteiger partial charge >= 0.3 is 0 Å². The summed E-state index contributed by atoms with van der Waals surface area (Å²) in [6, 6.07) is 7.91. The van der Waals surface area contributed by atoms with Crippen LogP contribution in [0.15, 0.2) is 24.3 Å². The smallest absolute Gasteiger partial charge is 0.150 e. The van der Waals surface area contributed by atoms with Crippen molar-refractivity contribution in [1.29, 1.82) is 0 Å². The fourth-order valence-corrected chi connectivity index (χ4v) is 2.00. The molecule has 0 heterocycles. The summed E-state index contributed by atoms with van der Waals surface area (Å²) in [5.74, 6) is 1.53. The van der Waals surface area contributed by atoms with Crippen molar-refractivity contribution < 1.29 is 9.47 Å². The lowest BCUT2D eigenvalue weighted by atomic mass is 10.0. The molecular formula is C13H15NO2. The molecule has 2 aromatic rings. The molecule has 0 saturated heterocycles. The highest BCUT2D eigenvalue weighted by molar-refractivity contribution is 5.99. The Labute approximate surface area is 94.8 Å². The van der Waals surface area contributed by atoms with Crippen LogP contribution < -0.4 is 15.2 Å². The van der Waals surface area contributed by atoms with Crippen molar-refractivity contribution in [3.05, 3.63) is 29.8 Å². The summed E-state index contributed by atoms with van der Waals surface area (Å²) in [6.45, 7) is 1.93. The van der Waals surface area contributed by atoms with Gasteiger partial charge in [0, 0.05) is 16.3 Å². The van der Waals surface area contributed by atoms with E-state index < -0.39 is 0 Å². The Kier molecular flexibility index (Phi) is 2.60. The Balaban J connectivity index is 2.95. The summed E-state index contributed by atoms with van der Waals surface area (Å²) in [6.07, 6.45) is 0. The van der Waals surface area contributed by atoms with Crippen LogP contribution in [0, 0.1) is 6.92 Å². The molecule has 0 atom stereocenters. The zero-order valence-corrected chi connectivity index (χ0v) is 9.70. The third-order valence-corrected chi connectivity index (χ3v) is 2.81. The first-order valence-electron chi connectivity index (χ1n) is 5.09. The first kappa shape index (κ1) is 10.6. The monoisotopic (exact) mass is 217 g/mol. The SMILES string of the molecule is COc1c(C)c(N)c(OC)c2ccccc12. The van der Waals surface area contributed by atoms with E-state index in [0.29, 0.717) is 11.4 Å². The molecule has 16 heavy (non-hydrogen) atoms. The van der Waals surface area contributed by atoms with Gasteiger partial charge in [-0.05, 0) is 6.92 Å². The number of methoxy groups -OCH3 is 2. The molecule has 0 bridgehead atoms. The van der Waals surface area contributed by atoms with Crippen LogP contribution in [-0.4, -0.2) is 14.2 Å². The maximum absolute atomic E-state index is 6.03. The van der Waals surface area contributed by atoms with E-state index in [9.17, 15) is 0 Å². The number of fused-ring (bicyclic) bond motifs is 1. The second-order valence-corrected chi connectivity index (χ2v) is 3.65. The van der Waals surface area contributed by atoms with Gasteiger partial charge in [0.2, 0.25) is 0 Å². The molecule has 0 saturated carbocycles. The first-order valence-corrected chi connectivity index (χ1v) is 5.09. The lowest BCUT2D eigenvalue weighted by molar-refractivity contribution is 0.409. The summed E-state index contributed by atoms with van der Waals surface area (Å²) in [5, 5.41) is 2.00. The van der Waals surface area contributed by atoms with Gasteiger partial charge in [-0.3, -0.25) is 0 Å². The maximum Gasteiger partial charge on any atom is 0.150 e. The van der Waals surface area contributed by atoms with E-state index in [1.807, 2.05) is 31.2 Å². The van der Waals surface area contributed by atoms with Crippen molar-refractivity contribution in [3.8, 4) is 11.5 Å². The number of anilines is 1. The molecule has 3 heteroatoms. The molecule has 2 N–H and O–H groups in total. The van der Waals surface area contributed by atoms with Crippen LogP contribution in [0.25, 0.3) is 10.8 Å². The minimum absolute atomic E-state index is 0.637. The molecule has 0 radical (unpaired) electrons. The highest BCUT2D eigenvalue weighted by Gasteiger charge is 2.15. The molecule has 0 aliphatic heterocycles. The maximum atomic E-state index is 6.03. The molecule has 2 rings (SSSR count). The van der Waals surface area contributed by atoms with Crippen molar-refractivity contribution in [2.75, 3.05) is 20.0 Å². The third-order valence-electron chi connectivity index (χ3n) is 2.81. The van der Waals surface area contributed by atoms with E-state index in [0.717, 1.165) is 22.1 Å². The van der Waals surface area contributed by atoms with Crippen LogP contribution in [0.3, 0.4) is 0 Å². The van der Waals surface area contributed by atoms with Gasteiger partial charge < -0.3 is 15.2 Å². The van der Waals surface area contributed by atoms with E-state index in [-0.39, 0.29) is 0 Å². The number of nitrogen functional groups attached to an aromatic ring is 1. The molecular weight excluding hydrogens is 202 g/mol. The minimum Gasteiger partial charge on any atom is -0.496 e. The zero-order valence-electron chi connectivity index (χ0n) is 9.70. The molecule has 0 aromatic heterocycles. The van der Waals surface area contributed by atoms with Gasteiger partial charge in [-0.1, -0.05) is 24.3 Å². The van der Waals surface area contributed by atoms with Crippen molar-refractivity contribution in [3.63, 3.8) is 0 Å². The van der Waals surface area contributed by atoms with Crippen LogP contribution in [0.2, 0.25) is 0 Å². The largest absolute Gasteiger partial charge is 0.496 e. The second kappa shape index (κ2) is 3.93. The number of rotatable bonds is 2. The van der Waals surface area contributed by atoms with Gasteiger partial charge in [-0.25, -0.2) is 0 Å². The molecule has 3 nitrogen and oxygen atoms in total. The van der Waals surface area contributed by atoms with Gasteiger partial charge in [0.1, 0.15) is 11.5 Å². The van der Waals surface area contributed by atoms with Gasteiger partial charge in [-0.2, -0.15) is 0 Å². The topological polar surface area (TPSA) is 44.5 Å². The number of nitrogens with two attached hydrogens (primary N) is 1. The molecule has 0 fully saturated rings. The Morgan fingerprint density at radius 1 is 0.938 bits per heavy atom. The standard InChI is InChI=1S/C13H15NO2/c1-8-11(14)13(16-3)10-7-5-4-6-9(10)12(8)15-2/h4-7H,14H2,1-3H3. The average molecular weight is 217 g/mol. The number of hydrogen-bond acceptors (Lipinski definition) is 3. The summed E-state index contributed by atoms with van der Waals surface area (Å²) in [7, 11) is 3.28. The lowest BCUT2D eigenvalue weighted by Crippen LogP contribution is -1.99. The van der Waals surface area contributed by atoms with E-state index in [1.54, 1.807) is 14.2 Å². The van der Waals surface area contributed by atoms with Crippen molar-refractivity contribution in [1.82, 2.24) is 0 Å². The van der Waals surface area contributed by atoms with Gasteiger partial charge in [0.05, 0.1) is 19.9 Å². The molecule has 0 unspecified atom stereocenters. The molecule has 0 spiro atoms. The Morgan fingerprint density at radius 3 is 1.94 bits per heavy atom. The zero-order chi connectivity index (χ0) is 11.7. The summed E-state index contributed by atoms with van der Waals surface area (Å²) in [4.78, 5) is 0. The van der Waals surface area contributed by atoms with Gasteiger partial charge in [-0.15, -0.1) is 0 Å². The predicted molar refractivity (Wildman–Crippen MR) is 66.2 cm³/mol. The molecule has 2 aromatic carbocycles. The number of ether oxygens (including phenoxy) is 2. The normalized spacial score (nSPS) is 10.4. The quantitative estimate of drug-likeness (QED) is 0.787. The summed E-state index contributed by atoms with van der Waals surface area (Å²) in [5.41, 5.74) is 7.58. The fourth-order valence-electron chi connectivity index (χ4n) is 2.00. The Bertz CT molecular complexity index is 486. The van der Waals surface area contributed by atoms with Gasteiger partial charge in [0.15, 0.2) is 0 Å². The Hall–Kier alpha value is -1.90. The summed E-state index contributed by atoms with van der Waals surface area (Å²) >= 11 is 0. The van der Waals surface area contributed by atoms with Crippen LogP contribution in [-0.2, 0) is 0 Å². The van der Waals surface area contributed by atoms with E-state index in [1.165, 1.54) is 0 Å². The van der Waals surface area contributed by atoms with Crippen LogP contribution in [0.4, 0.5) is 5.69 Å². The van der Waals surface area contributed by atoms with Crippen LogP contribution >= 0.6 is 0 Å². The molecule has 0 aliphatic rings. The van der Waals surface area contributed by atoms with Crippen LogP contribution in [0.5, 0.6) is 11.5 Å². The average Bonchev–Trinajstić information content (AvgIpc) is 2.31. The van der Waals surface area contributed by atoms with Crippen molar-refractivity contribution >= 4 is 16.5 Å². The highest BCUT2D eigenvalue weighted by atomic mass is 16.5. The number of hydrogen-bond donors (Lipinski definition) is 1. The second-order valence-electron chi connectivity index (χ2n) is 3.65. The minimum atomic E-state index is 0.637. The van der Waals surface area contributed by atoms with Crippen molar-refractivity contribution in [2.45, 2.75) is 6.92 Å². The van der Waals surface area contributed by atoms with Crippen molar-refractivity contribution in [2.24, 2.45) is 0 Å². The molecule has 0 amide bonds. The van der Waals surface area contributed by atoms with E-state index in [2.05, 4.69) is 0 Å². The van der Waals surface area contributed by atoms with Gasteiger partial charge in [0.25, 0.3) is 0 Å². The van der Waals surface area contributed by atoms with E-state index in [4.69, 9.17) is 15.2 Å². The van der Waals surface area contributed by atoms with E-state index >= 15 is 0 Å². The summed E-state index contributed by atoms with van der Waals surface area (Å²) < 4.78 is 10.8. The molecule has 0 aliphatic carbocycles. The molecule has 84 valence electrons. The predicted octanol–water partition coefficient (Wildman–Crippen LogP) is 2.75. The first-order chi connectivity index (χ1) is 7.70. The number of benzene rings is 2. The highest BCUT2D eigenvalue weighted by Crippen LogP contribution is 2.41.